The van der Waals surface area contributed by atoms with Gasteiger partial charge in [0, 0.05) is 48.5 Å². The van der Waals surface area contributed by atoms with Gasteiger partial charge in [-0.25, -0.2) is 5.01 Å². The fourth-order valence-electron chi connectivity index (χ4n) is 5.06. The number of piperidine rings is 1. The molecule has 2 aromatic carbocycles. The van der Waals surface area contributed by atoms with Crippen LogP contribution in [0.3, 0.4) is 0 Å². The van der Waals surface area contributed by atoms with Crippen LogP contribution in [0.4, 0.5) is 0 Å². The average molecular weight is 444 g/mol. The van der Waals surface area contributed by atoms with Crippen molar-refractivity contribution in [3.8, 4) is 5.75 Å². The van der Waals surface area contributed by atoms with Crippen LogP contribution in [0.15, 0.2) is 41.5 Å². The molecule has 0 aliphatic carbocycles. The molecule has 3 aliphatic heterocycles. The van der Waals surface area contributed by atoms with E-state index in [1.807, 2.05) is 12.1 Å². The summed E-state index contributed by atoms with van der Waals surface area (Å²) in [6, 6.07) is 12.4. The summed E-state index contributed by atoms with van der Waals surface area (Å²) < 4.78 is 6.73. The molecule has 1 fully saturated rings. The topological polar surface area (TPSA) is 28.1 Å². The molecule has 3 aliphatic rings. The van der Waals surface area contributed by atoms with Crippen molar-refractivity contribution in [3.63, 3.8) is 0 Å². The molecule has 2 aromatic rings. The third-order valence-corrected chi connectivity index (χ3v) is 7.12. The summed E-state index contributed by atoms with van der Waals surface area (Å²) >= 11 is 12.7. The highest BCUT2D eigenvalue weighted by atomic mass is 35.5. The molecule has 6 heteroatoms. The number of halogens is 2. The second-order valence-corrected chi connectivity index (χ2v) is 9.51. The Morgan fingerprint density at radius 3 is 2.67 bits per heavy atom. The van der Waals surface area contributed by atoms with E-state index in [2.05, 4.69) is 42.0 Å². The van der Waals surface area contributed by atoms with Gasteiger partial charge in [0.1, 0.15) is 5.75 Å². The van der Waals surface area contributed by atoms with Gasteiger partial charge >= 0.3 is 0 Å². The third kappa shape index (κ3) is 3.39. The maximum atomic E-state index is 6.73. The SMILES string of the molecule is CCCN1CCC2(CC1)Oc1ccc(C)cc1[C@@H]1CC(c3ccc(Cl)cc3Cl)=NN12. The van der Waals surface area contributed by atoms with Gasteiger partial charge in [-0.2, -0.15) is 5.10 Å². The minimum Gasteiger partial charge on any atom is -0.466 e. The highest BCUT2D eigenvalue weighted by molar-refractivity contribution is 6.37. The van der Waals surface area contributed by atoms with Crippen LogP contribution in [-0.4, -0.2) is 41.0 Å². The van der Waals surface area contributed by atoms with E-state index in [4.69, 9.17) is 33.0 Å². The highest BCUT2D eigenvalue weighted by Gasteiger charge is 2.51. The van der Waals surface area contributed by atoms with Crippen molar-refractivity contribution in [1.82, 2.24) is 9.91 Å². The molecule has 1 spiro atoms. The Labute approximate surface area is 188 Å². The van der Waals surface area contributed by atoms with Crippen molar-refractivity contribution >= 4 is 28.9 Å². The zero-order valence-corrected chi connectivity index (χ0v) is 19.0. The van der Waals surface area contributed by atoms with Crippen LogP contribution in [-0.2, 0) is 0 Å². The van der Waals surface area contributed by atoms with E-state index in [0.717, 1.165) is 55.9 Å². The quantitative estimate of drug-likeness (QED) is 0.577. The first-order valence-electron chi connectivity index (χ1n) is 10.8. The first kappa shape index (κ1) is 20.2. The molecule has 30 heavy (non-hydrogen) atoms. The molecule has 1 saturated heterocycles. The van der Waals surface area contributed by atoms with Crippen LogP contribution in [0.1, 0.15) is 55.3 Å². The molecule has 4 nitrogen and oxygen atoms in total. The Bertz CT molecular complexity index is 998. The number of hydrogen-bond acceptors (Lipinski definition) is 4. The lowest BCUT2D eigenvalue weighted by molar-refractivity contribution is -0.149. The molecule has 0 N–H and O–H groups in total. The van der Waals surface area contributed by atoms with Gasteiger partial charge in [0.25, 0.3) is 0 Å². The van der Waals surface area contributed by atoms with Gasteiger partial charge in [-0.3, -0.25) is 0 Å². The second-order valence-electron chi connectivity index (χ2n) is 8.67. The molecule has 0 bridgehead atoms. The van der Waals surface area contributed by atoms with Gasteiger partial charge in [0.05, 0.1) is 16.8 Å². The summed E-state index contributed by atoms with van der Waals surface area (Å²) in [7, 11) is 0. The standard InChI is InChI=1S/C24H27Cl2N3O/c1-3-10-28-11-8-24(9-12-28)29-22(19-13-16(2)4-7-23(19)30-24)15-21(27-29)18-6-5-17(25)14-20(18)26/h4-7,13-14,22H,3,8-12,15H2,1-2H3/t22-/m0/s1. The van der Waals surface area contributed by atoms with Gasteiger partial charge in [-0.05, 0) is 38.1 Å². The van der Waals surface area contributed by atoms with Crippen molar-refractivity contribution in [1.29, 1.82) is 0 Å². The number of fused-ring (bicyclic) bond motifs is 4. The molecule has 158 valence electrons. The van der Waals surface area contributed by atoms with E-state index in [9.17, 15) is 0 Å². The minimum absolute atomic E-state index is 0.174. The Morgan fingerprint density at radius 2 is 1.93 bits per heavy atom. The minimum atomic E-state index is -0.391. The van der Waals surface area contributed by atoms with Crippen LogP contribution in [0.2, 0.25) is 10.0 Å². The number of rotatable bonds is 3. The summed E-state index contributed by atoms with van der Waals surface area (Å²) in [6.07, 6.45) is 3.89. The Kier molecular flexibility index (Phi) is 5.20. The fraction of sp³-hybridized carbons (Fsp3) is 0.458. The molecule has 3 heterocycles. The lowest BCUT2D eigenvalue weighted by Gasteiger charge is -2.51. The van der Waals surface area contributed by atoms with Gasteiger partial charge in [0.2, 0.25) is 5.72 Å². The van der Waals surface area contributed by atoms with E-state index in [1.165, 1.54) is 17.5 Å². The Hall–Kier alpha value is -1.75. The molecule has 1 atom stereocenters. The number of ether oxygens (including phenoxy) is 1. The van der Waals surface area contributed by atoms with Crippen LogP contribution in [0, 0.1) is 6.92 Å². The molecule has 0 saturated carbocycles. The maximum absolute atomic E-state index is 6.73. The van der Waals surface area contributed by atoms with Crippen LogP contribution in [0.25, 0.3) is 0 Å². The Balaban J connectivity index is 1.54. The van der Waals surface area contributed by atoms with Crippen molar-refractivity contribution in [2.24, 2.45) is 5.10 Å². The summed E-state index contributed by atoms with van der Waals surface area (Å²) in [5.74, 6) is 1.00. The van der Waals surface area contributed by atoms with Gasteiger partial charge < -0.3 is 9.64 Å². The second kappa shape index (κ2) is 7.74. The number of nitrogens with zero attached hydrogens (tertiary/aromatic N) is 3. The smallest absolute Gasteiger partial charge is 0.200 e. The van der Waals surface area contributed by atoms with Crippen molar-refractivity contribution in [2.45, 2.75) is 51.3 Å². The zero-order valence-electron chi connectivity index (χ0n) is 17.5. The number of likely N-dealkylation sites (tertiary alicyclic amines) is 1. The van der Waals surface area contributed by atoms with E-state index in [1.54, 1.807) is 6.07 Å². The monoisotopic (exact) mass is 443 g/mol. The van der Waals surface area contributed by atoms with Crippen molar-refractivity contribution in [2.75, 3.05) is 19.6 Å². The number of hydrazone groups is 1. The highest BCUT2D eigenvalue weighted by Crippen LogP contribution is 2.50. The van der Waals surface area contributed by atoms with E-state index in [-0.39, 0.29) is 6.04 Å². The summed E-state index contributed by atoms with van der Waals surface area (Å²) in [4.78, 5) is 2.53. The van der Waals surface area contributed by atoms with E-state index < -0.39 is 5.72 Å². The van der Waals surface area contributed by atoms with Crippen molar-refractivity contribution in [3.05, 3.63) is 63.1 Å². The number of benzene rings is 2. The van der Waals surface area contributed by atoms with Crippen LogP contribution < -0.4 is 4.74 Å². The first-order valence-corrected chi connectivity index (χ1v) is 11.6. The van der Waals surface area contributed by atoms with Gasteiger partial charge in [-0.15, -0.1) is 0 Å². The maximum Gasteiger partial charge on any atom is 0.200 e. The normalized spacial score (nSPS) is 22.5. The molecular weight excluding hydrogens is 417 g/mol. The molecule has 5 rings (SSSR count). The van der Waals surface area contributed by atoms with E-state index >= 15 is 0 Å². The zero-order chi connectivity index (χ0) is 20.9. The molecule has 0 amide bonds. The third-order valence-electron chi connectivity index (χ3n) is 6.57. The summed E-state index contributed by atoms with van der Waals surface area (Å²) in [6.45, 7) is 7.58. The predicted octanol–water partition coefficient (Wildman–Crippen LogP) is 6.05. The van der Waals surface area contributed by atoms with Crippen LogP contribution in [0.5, 0.6) is 5.75 Å². The largest absolute Gasteiger partial charge is 0.466 e. The van der Waals surface area contributed by atoms with Crippen LogP contribution >= 0.6 is 23.2 Å². The molecule has 0 radical (unpaired) electrons. The Morgan fingerprint density at radius 1 is 1.13 bits per heavy atom. The molecule has 0 unspecified atom stereocenters. The average Bonchev–Trinajstić information content (AvgIpc) is 3.17. The lowest BCUT2D eigenvalue weighted by atomic mass is 9.90. The molecular formula is C24H27Cl2N3O. The molecule has 0 aromatic heterocycles. The van der Waals surface area contributed by atoms with Gasteiger partial charge in [0.15, 0.2) is 0 Å². The van der Waals surface area contributed by atoms with Gasteiger partial charge in [-0.1, -0.05) is 53.9 Å². The summed E-state index contributed by atoms with van der Waals surface area (Å²) in [5.41, 5.74) is 4.04. The lowest BCUT2D eigenvalue weighted by Crippen LogP contribution is -2.59. The fourth-order valence-corrected chi connectivity index (χ4v) is 5.58. The van der Waals surface area contributed by atoms with Crippen molar-refractivity contribution < 1.29 is 4.74 Å². The predicted molar refractivity (Wildman–Crippen MR) is 123 cm³/mol. The summed E-state index contributed by atoms with van der Waals surface area (Å²) in [5, 5.41) is 8.67. The number of hydrogen-bond donors (Lipinski definition) is 0. The number of aryl methyl sites for hydroxylation is 1. The van der Waals surface area contributed by atoms with E-state index in [0.29, 0.717) is 10.0 Å². The first-order chi connectivity index (χ1) is 14.5.